The van der Waals surface area contributed by atoms with Crippen LogP contribution < -0.4 is 20.5 Å². The summed E-state index contributed by atoms with van der Waals surface area (Å²) in [6.45, 7) is 1.13. The first-order chi connectivity index (χ1) is 14.2. The lowest BCUT2D eigenvalue weighted by atomic mass is 10.1. The normalized spacial score (nSPS) is 14.1. The second kappa shape index (κ2) is 7.73. The van der Waals surface area contributed by atoms with E-state index in [0.717, 1.165) is 18.4 Å². The monoisotopic (exact) mass is 392 g/mol. The molecule has 0 bridgehead atoms. The van der Waals surface area contributed by atoms with Crippen molar-refractivity contribution in [2.24, 2.45) is 11.1 Å². The number of nitrogens with one attached hydrogen (secondary N) is 2. The Labute approximate surface area is 167 Å². The molecular weight excluding hydrogens is 372 g/mol. The van der Waals surface area contributed by atoms with Gasteiger partial charge in [-0.25, -0.2) is 9.97 Å². The fraction of sp³-hybridized carbons (Fsp3) is 0.316. The first-order valence-corrected chi connectivity index (χ1v) is 9.06. The van der Waals surface area contributed by atoms with Crippen LogP contribution in [0.3, 0.4) is 0 Å². The van der Waals surface area contributed by atoms with Crippen LogP contribution in [0, 0.1) is 16.7 Å². The topological polar surface area (TPSA) is 148 Å². The Balaban J connectivity index is 1.58. The van der Waals surface area contributed by atoms with E-state index in [-0.39, 0.29) is 11.1 Å². The quantitative estimate of drug-likeness (QED) is 0.523. The van der Waals surface area contributed by atoms with Crippen LogP contribution in [0.4, 0.5) is 11.6 Å². The van der Waals surface area contributed by atoms with E-state index in [1.165, 1.54) is 12.4 Å². The zero-order chi connectivity index (χ0) is 20.3. The van der Waals surface area contributed by atoms with Gasteiger partial charge in [0.15, 0.2) is 17.3 Å². The van der Waals surface area contributed by atoms with Gasteiger partial charge in [0.25, 0.3) is 0 Å². The number of hydrogen-bond acceptors (Lipinski definition) is 9. The molecule has 1 aliphatic carbocycles. The summed E-state index contributed by atoms with van der Waals surface area (Å²) in [4.78, 5) is 12.3. The van der Waals surface area contributed by atoms with Gasteiger partial charge in [-0.3, -0.25) is 10.1 Å². The number of nitrogens with two attached hydrogens (primary N) is 1. The Morgan fingerprint density at radius 2 is 2.03 bits per heavy atom. The zero-order valence-corrected chi connectivity index (χ0v) is 15.8. The number of aromatic nitrogens is 5. The minimum absolute atomic E-state index is 0.0648. The highest BCUT2D eigenvalue weighted by atomic mass is 16.5. The molecule has 10 heteroatoms. The van der Waals surface area contributed by atoms with Crippen LogP contribution >= 0.6 is 0 Å². The van der Waals surface area contributed by atoms with E-state index in [2.05, 4.69) is 30.5 Å². The van der Waals surface area contributed by atoms with Crippen molar-refractivity contribution in [1.29, 1.82) is 5.26 Å². The van der Waals surface area contributed by atoms with Gasteiger partial charge < -0.3 is 20.5 Å². The number of ether oxygens (including phenoxy) is 2. The summed E-state index contributed by atoms with van der Waals surface area (Å²) in [6.07, 6.45) is 8.28. The molecule has 0 spiro atoms. The molecule has 148 valence electrons. The van der Waals surface area contributed by atoms with Crippen molar-refractivity contribution in [3.63, 3.8) is 0 Å². The SMILES string of the molecule is COc1cncc(OCC2(CN)CC2)c1-c1cc(Nc2cnc(C#N)cn2)n[nH]1. The second-order valence-corrected chi connectivity index (χ2v) is 6.90. The Kier molecular flexibility index (Phi) is 4.97. The van der Waals surface area contributed by atoms with Crippen molar-refractivity contribution in [2.75, 3.05) is 25.6 Å². The molecule has 0 unspecified atom stereocenters. The lowest BCUT2D eigenvalue weighted by Gasteiger charge is -2.17. The number of rotatable bonds is 8. The van der Waals surface area contributed by atoms with E-state index in [9.17, 15) is 0 Å². The molecule has 0 radical (unpaired) electrons. The maximum atomic E-state index is 8.81. The number of methoxy groups -OCH3 is 1. The molecule has 3 heterocycles. The molecule has 0 saturated heterocycles. The van der Waals surface area contributed by atoms with Crippen molar-refractivity contribution < 1.29 is 9.47 Å². The van der Waals surface area contributed by atoms with Crippen molar-refractivity contribution in [2.45, 2.75) is 12.8 Å². The smallest absolute Gasteiger partial charge is 0.158 e. The Hall–Kier alpha value is -3.71. The number of pyridine rings is 1. The van der Waals surface area contributed by atoms with Gasteiger partial charge in [-0.2, -0.15) is 10.4 Å². The summed E-state index contributed by atoms with van der Waals surface area (Å²) in [6, 6.07) is 3.73. The molecule has 0 atom stereocenters. The lowest BCUT2D eigenvalue weighted by Crippen LogP contribution is -2.23. The van der Waals surface area contributed by atoms with Crippen molar-refractivity contribution in [3.05, 3.63) is 36.5 Å². The molecule has 1 saturated carbocycles. The van der Waals surface area contributed by atoms with Gasteiger partial charge in [0.05, 0.1) is 49.8 Å². The first kappa shape index (κ1) is 18.6. The van der Waals surface area contributed by atoms with Crippen LogP contribution in [0.15, 0.2) is 30.9 Å². The van der Waals surface area contributed by atoms with Gasteiger partial charge in [-0.15, -0.1) is 0 Å². The molecule has 4 N–H and O–H groups in total. The third-order valence-corrected chi connectivity index (χ3v) is 4.89. The molecule has 0 amide bonds. The van der Waals surface area contributed by atoms with E-state index < -0.39 is 0 Å². The molecule has 3 aromatic rings. The summed E-state index contributed by atoms with van der Waals surface area (Å²) in [5, 5.41) is 19.1. The Bertz CT molecular complexity index is 1040. The second-order valence-electron chi connectivity index (χ2n) is 6.90. The van der Waals surface area contributed by atoms with Crippen LogP contribution in [0.2, 0.25) is 0 Å². The van der Waals surface area contributed by atoms with Crippen LogP contribution in [0.5, 0.6) is 11.5 Å². The van der Waals surface area contributed by atoms with E-state index >= 15 is 0 Å². The van der Waals surface area contributed by atoms with E-state index in [1.54, 1.807) is 25.6 Å². The minimum atomic E-state index is 0.0648. The van der Waals surface area contributed by atoms with Gasteiger partial charge in [0, 0.05) is 18.0 Å². The van der Waals surface area contributed by atoms with E-state index in [0.29, 0.717) is 42.0 Å². The third kappa shape index (κ3) is 3.95. The first-order valence-electron chi connectivity index (χ1n) is 9.06. The Morgan fingerprint density at radius 1 is 1.21 bits per heavy atom. The molecule has 0 aromatic carbocycles. The summed E-state index contributed by atoms with van der Waals surface area (Å²) in [5.74, 6) is 2.16. The van der Waals surface area contributed by atoms with Crippen molar-refractivity contribution in [3.8, 4) is 28.8 Å². The zero-order valence-electron chi connectivity index (χ0n) is 15.8. The highest BCUT2D eigenvalue weighted by Crippen LogP contribution is 2.46. The molecule has 10 nitrogen and oxygen atoms in total. The highest BCUT2D eigenvalue weighted by molar-refractivity contribution is 5.75. The summed E-state index contributed by atoms with van der Waals surface area (Å²) in [5.41, 5.74) is 7.59. The number of hydrogen-bond donors (Lipinski definition) is 3. The average Bonchev–Trinajstić information content (AvgIpc) is 3.42. The average molecular weight is 392 g/mol. The molecule has 1 aliphatic rings. The molecule has 29 heavy (non-hydrogen) atoms. The van der Waals surface area contributed by atoms with Crippen LogP contribution in [0.25, 0.3) is 11.3 Å². The molecular formula is C19H20N8O2. The van der Waals surface area contributed by atoms with Crippen LogP contribution in [0.1, 0.15) is 18.5 Å². The lowest BCUT2D eigenvalue weighted by molar-refractivity contribution is 0.238. The highest BCUT2D eigenvalue weighted by Gasteiger charge is 2.42. The number of H-pyrrole nitrogens is 1. The van der Waals surface area contributed by atoms with Gasteiger partial charge >= 0.3 is 0 Å². The van der Waals surface area contributed by atoms with Gasteiger partial charge in [-0.05, 0) is 12.8 Å². The maximum absolute atomic E-state index is 8.81. The fourth-order valence-electron chi connectivity index (χ4n) is 2.86. The standard InChI is InChI=1S/C19H20N8O2/c1-28-14-7-22-8-15(29-11-19(10-21)2-3-19)18(14)13-4-16(27-26-13)25-17-9-23-12(5-20)6-24-17/h4,6-9H,2-3,10-11,21H2,1H3,(H2,24,25,26,27). The number of anilines is 2. The maximum Gasteiger partial charge on any atom is 0.158 e. The fourth-order valence-corrected chi connectivity index (χ4v) is 2.86. The molecule has 4 rings (SSSR count). The van der Waals surface area contributed by atoms with Crippen molar-refractivity contribution in [1.82, 2.24) is 25.1 Å². The minimum Gasteiger partial charge on any atom is -0.494 e. The summed E-state index contributed by atoms with van der Waals surface area (Å²) < 4.78 is 11.5. The number of aromatic amines is 1. The number of nitriles is 1. The van der Waals surface area contributed by atoms with E-state index in [4.69, 9.17) is 20.5 Å². The van der Waals surface area contributed by atoms with Crippen molar-refractivity contribution >= 4 is 11.6 Å². The predicted octanol–water partition coefficient (Wildman–Crippen LogP) is 2.00. The Morgan fingerprint density at radius 3 is 2.69 bits per heavy atom. The largest absolute Gasteiger partial charge is 0.494 e. The molecule has 3 aromatic heterocycles. The number of nitrogens with zero attached hydrogens (tertiary/aromatic N) is 5. The summed E-state index contributed by atoms with van der Waals surface area (Å²) in [7, 11) is 1.58. The molecule has 0 aliphatic heterocycles. The summed E-state index contributed by atoms with van der Waals surface area (Å²) >= 11 is 0. The van der Waals surface area contributed by atoms with Crippen LogP contribution in [-0.2, 0) is 0 Å². The van der Waals surface area contributed by atoms with Gasteiger partial charge in [0.1, 0.15) is 17.6 Å². The third-order valence-electron chi connectivity index (χ3n) is 4.89. The predicted molar refractivity (Wildman–Crippen MR) is 105 cm³/mol. The van der Waals surface area contributed by atoms with Crippen LogP contribution in [-0.4, -0.2) is 45.4 Å². The van der Waals surface area contributed by atoms with Gasteiger partial charge in [-0.1, -0.05) is 0 Å². The van der Waals surface area contributed by atoms with Gasteiger partial charge in [0.2, 0.25) is 0 Å². The molecule has 1 fully saturated rings. The van der Waals surface area contributed by atoms with E-state index in [1.807, 2.05) is 6.07 Å².